The van der Waals surface area contributed by atoms with Crippen molar-refractivity contribution in [1.82, 2.24) is 0 Å². The number of carbonyl (C=O) groups excluding carboxylic acids is 1. The van der Waals surface area contributed by atoms with Crippen LogP contribution in [0.3, 0.4) is 0 Å². The molecular weight excluding hydrogens is 228 g/mol. The third-order valence-electron chi connectivity index (χ3n) is 2.73. The van der Waals surface area contributed by atoms with Crippen LogP contribution in [-0.2, 0) is 15.1 Å². The van der Waals surface area contributed by atoms with Crippen LogP contribution in [0.2, 0.25) is 0 Å². The molecule has 98 valence electrons. The molecule has 0 aliphatic heterocycles. The molecule has 1 atom stereocenters. The van der Waals surface area contributed by atoms with Gasteiger partial charge >= 0.3 is 5.97 Å². The molecule has 0 amide bonds. The number of aliphatic hydroxyl groups is 1. The summed E-state index contributed by atoms with van der Waals surface area (Å²) in [7, 11) is 0. The minimum absolute atomic E-state index is 0.359. The summed E-state index contributed by atoms with van der Waals surface area (Å²) in [4.78, 5) is 11.1. The van der Waals surface area contributed by atoms with Crippen molar-refractivity contribution < 1.29 is 14.6 Å². The van der Waals surface area contributed by atoms with E-state index in [9.17, 15) is 9.90 Å². The predicted molar refractivity (Wildman–Crippen MR) is 71.1 cm³/mol. The first kappa shape index (κ1) is 14.5. The number of esters is 1. The van der Waals surface area contributed by atoms with E-state index in [1.165, 1.54) is 6.08 Å². The van der Waals surface area contributed by atoms with Gasteiger partial charge in [-0.15, -0.1) is 0 Å². The number of hydrogen-bond acceptors (Lipinski definition) is 3. The molecule has 0 saturated carbocycles. The summed E-state index contributed by atoms with van der Waals surface area (Å²) < 4.78 is 4.77. The summed E-state index contributed by atoms with van der Waals surface area (Å²) >= 11 is 0. The fourth-order valence-corrected chi connectivity index (χ4v) is 1.61. The van der Waals surface area contributed by atoms with E-state index in [4.69, 9.17) is 4.74 Å². The molecule has 0 bridgehead atoms. The predicted octanol–water partition coefficient (Wildman–Crippen LogP) is 2.71. The Bertz CT molecular complexity index is 416. The van der Waals surface area contributed by atoms with Crippen molar-refractivity contribution in [3.63, 3.8) is 0 Å². The van der Waals surface area contributed by atoms with Crippen LogP contribution in [-0.4, -0.2) is 17.7 Å². The summed E-state index contributed by atoms with van der Waals surface area (Å²) in [5.74, 6) is -0.378. The van der Waals surface area contributed by atoms with E-state index >= 15 is 0 Å². The van der Waals surface area contributed by atoms with Gasteiger partial charge in [-0.25, -0.2) is 4.79 Å². The van der Waals surface area contributed by atoms with E-state index in [1.807, 2.05) is 31.2 Å². The lowest BCUT2D eigenvalue weighted by Crippen LogP contribution is -2.20. The number of ether oxygens (including phenoxy) is 1. The second kappa shape index (κ2) is 6.36. The molecule has 0 fully saturated rings. The topological polar surface area (TPSA) is 46.5 Å². The van der Waals surface area contributed by atoms with E-state index in [-0.39, 0.29) is 5.97 Å². The molecule has 0 radical (unpaired) electrons. The second-order valence-electron chi connectivity index (χ2n) is 4.50. The highest BCUT2D eigenvalue weighted by Crippen LogP contribution is 2.25. The quantitative estimate of drug-likeness (QED) is 0.643. The number of hydrogen-bond donors (Lipinski definition) is 1. The molecule has 0 aliphatic rings. The van der Waals surface area contributed by atoms with Crippen molar-refractivity contribution in [2.24, 2.45) is 0 Å². The summed E-state index contributed by atoms with van der Waals surface area (Å²) in [6, 6.07) is 7.71. The van der Waals surface area contributed by atoms with Gasteiger partial charge < -0.3 is 9.84 Å². The van der Waals surface area contributed by atoms with Gasteiger partial charge in [-0.1, -0.05) is 35.9 Å². The van der Waals surface area contributed by atoms with Crippen LogP contribution in [0.5, 0.6) is 0 Å². The van der Waals surface area contributed by atoms with Crippen LogP contribution in [0, 0.1) is 6.92 Å². The number of carbonyl (C=O) groups is 1. The first-order chi connectivity index (χ1) is 8.45. The summed E-state index contributed by atoms with van der Waals surface area (Å²) in [6.07, 6.45) is 3.36. The molecule has 1 aromatic rings. The van der Waals surface area contributed by atoms with Crippen molar-refractivity contribution in [3.8, 4) is 0 Å². The highest BCUT2D eigenvalue weighted by Gasteiger charge is 2.21. The highest BCUT2D eigenvalue weighted by atomic mass is 16.5. The lowest BCUT2D eigenvalue weighted by atomic mass is 9.92. The van der Waals surface area contributed by atoms with Gasteiger partial charge in [0.15, 0.2) is 0 Å². The molecule has 1 N–H and O–H groups in total. The Hall–Kier alpha value is -1.61. The van der Waals surface area contributed by atoms with E-state index in [1.54, 1.807) is 19.9 Å². The third kappa shape index (κ3) is 4.34. The summed E-state index contributed by atoms with van der Waals surface area (Å²) in [5.41, 5.74) is 1.01. The van der Waals surface area contributed by atoms with Crippen LogP contribution in [0.1, 0.15) is 31.4 Å². The zero-order valence-electron chi connectivity index (χ0n) is 11.1. The number of aryl methyl sites for hydroxylation is 1. The van der Waals surface area contributed by atoms with E-state index in [2.05, 4.69) is 0 Å². The van der Waals surface area contributed by atoms with Gasteiger partial charge in [-0.05, 0) is 32.8 Å². The zero-order chi connectivity index (χ0) is 13.6. The third-order valence-corrected chi connectivity index (χ3v) is 2.73. The fraction of sp³-hybridized carbons (Fsp3) is 0.400. The lowest BCUT2D eigenvalue weighted by Gasteiger charge is -2.22. The van der Waals surface area contributed by atoms with Gasteiger partial charge in [0.25, 0.3) is 0 Å². The van der Waals surface area contributed by atoms with E-state index in [0.717, 1.165) is 11.1 Å². The first-order valence-electron chi connectivity index (χ1n) is 6.08. The van der Waals surface area contributed by atoms with Gasteiger partial charge in [0, 0.05) is 6.08 Å². The normalized spacial score (nSPS) is 14.4. The summed E-state index contributed by atoms with van der Waals surface area (Å²) in [6.45, 7) is 5.85. The van der Waals surface area contributed by atoms with Gasteiger partial charge in [0.1, 0.15) is 0 Å². The fourth-order valence-electron chi connectivity index (χ4n) is 1.61. The van der Waals surface area contributed by atoms with Crippen LogP contribution in [0.15, 0.2) is 36.4 Å². The van der Waals surface area contributed by atoms with Crippen molar-refractivity contribution in [2.75, 3.05) is 6.61 Å². The molecule has 1 aromatic carbocycles. The van der Waals surface area contributed by atoms with Crippen LogP contribution < -0.4 is 0 Å². The Morgan fingerprint density at radius 3 is 2.56 bits per heavy atom. The SMILES string of the molecule is CCOC(=O)/C=C/CC(C)(O)c1ccc(C)cc1. The minimum atomic E-state index is -0.976. The van der Waals surface area contributed by atoms with Gasteiger partial charge in [-0.2, -0.15) is 0 Å². The van der Waals surface area contributed by atoms with E-state index < -0.39 is 5.60 Å². The van der Waals surface area contributed by atoms with Crippen molar-refractivity contribution in [2.45, 2.75) is 32.8 Å². The number of benzene rings is 1. The summed E-state index contributed by atoms with van der Waals surface area (Å²) in [5, 5.41) is 10.3. The standard InChI is InChI=1S/C15H20O3/c1-4-18-14(16)6-5-11-15(3,17)13-9-7-12(2)8-10-13/h5-10,17H,4,11H2,1-3H3/b6-5+. The Kier molecular flexibility index (Phi) is 5.10. The molecule has 0 spiro atoms. The van der Waals surface area contributed by atoms with Gasteiger partial charge in [0.2, 0.25) is 0 Å². The maximum absolute atomic E-state index is 11.1. The maximum Gasteiger partial charge on any atom is 0.330 e. The molecule has 18 heavy (non-hydrogen) atoms. The molecule has 1 rings (SSSR count). The van der Waals surface area contributed by atoms with Gasteiger partial charge in [-0.3, -0.25) is 0 Å². The van der Waals surface area contributed by atoms with Crippen LogP contribution >= 0.6 is 0 Å². The molecule has 0 aromatic heterocycles. The Morgan fingerprint density at radius 2 is 2.00 bits per heavy atom. The Morgan fingerprint density at radius 1 is 1.39 bits per heavy atom. The Labute approximate surface area is 108 Å². The minimum Gasteiger partial charge on any atom is -0.463 e. The second-order valence-corrected chi connectivity index (χ2v) is 4.50. The van der Waals surface area contributed by atoms with Crippen LogP contribution in [0.4, 0.5) is 0 Å². The molecule has 3 heteroatoms. The van der Waals surface area contributed by atoms with Crippen LogP contribution in [0.25, 0.3) is 0 Å². The van der Waals surface area contributed by atoms with E-state index in [0.29, 0.717) is 13.0 Å². The molecule has 3 nitrogen and oxygen atoms in total. The average Bonchev–Trinajstić information content (AvgIpc) is 2.29. The van der Waals surface area contributed by atoms with Crippen molar-refractivity contribution >= 4 is 5.97 Å². The maximum atomic E-state index is 11.1. The largest absolute Gasteiger partial charge is 0.463 e. The zero-order valence-corrected chi connectivity index (χ0v) is 11.1. The molecule has 0 heterocycles. The average molecular weight is 248 g/mol. The Balaban J connectivity index is 2.64. The molecule has 0 aliphatic carbocycles. The van der Waals surface area contributed by atoms with Gasteiger partial charge in [0.05, 0.1) is 12.2 Å². The monoisotopic (exact) mass is 248 g/mol. The molecular formula is C15H20O3. The highest BCUT2D eigenvalue weighted by molar-refractivity contribution is 5.81. The van der Waals surface area contributed by atoms with Crippen molar-refractivity contribution in [3.05, 3.63) is 47.5 Å². The molecule has 0 saturated heterocycles. The lowest BCUT2D eigenvalue weighted by molar-refractivity contribution is -0.137. The first-order valence-corrected chi connectivity index (χ1v) is 6.08. The molecule has 1 unspecified atom stereocenters. The smallest absolute Gasteiger partial charge is 0.330 e. The van der Waals surface area contributed by atoms with Crippen molar-refractivity contribution in [1.29, 1.82) is 0 Å². The number of rotatable bonds is 5.